The Kier molecular flexibility index (Phi) is 7.35. The number of hydrogen-bond acceptors (Lipinski definition) is 6. The third-order valence-corrected chi connectivity index (χ3v) is 4.00. The van der Waals surface area contributed by atoms with Crippen molar-refractivity contribution in [1.82, 2.24) is 34.9 Å². The van der Waals surface area contributed by atoms with Crippen LogP contribution in [0.5, 0.6) is 0 Å². The molecule has 0 aliphatic carbocycles. The first-order chi connectivity index (χ1) is 11.8. The second-order valence-electron chi connectivity index (χ2n) is 5.71. The number of hydrogen-bond donors (Lipinski definition) is 2. The molecule has 3 heterocycles. The zero-order valence-corrected chi connectivity index (χ0v) is 15.1. The van der Waals surface area contributed by atoms with Gasteiger partial charge in [-0.3, -0.25) is 4.79 Å². The van der Waals surface area contributed by atoms with Crippen molar-refractivity contribution in [2.24, 2.45) is 0 Å². The summed E-state index contributed by atoms with van der Waals surface area (Å²) in [7, 11) is 1.68. The zero-order valence-electron chi connectivity index (χ0n) is 14.3. The van der Waals surface area contributed by atoms with E-state index in [4.69, 9.17) is 4.74 Å². The second kappa shape index (κ2) is 9.50. The summed E-state index contributed by atoms with van der Waals surface area (Å²) in [5, 5.41) is 14.2. The Hall–Kier alpha value is -1.97. The van der Waals surface area contributed by atoms with E-state index in [1.807, 2.05) is 15.3 Å². The van der Waals surface area contributed by atoms with Gasteiger partial charge in [-0.25, -0.2) is 4.98 Å². The van der Waals surface area contributed by atoms with Crippen molar-refractivity contribution in [3.63, 3.8) is 0 Å². The largest absolute Gasteiger partial charge is 0.385 e. The number of halogens is 1. The Bertz CT molecular complexity index is 662. The summed E-state index contributed by atoms with van der Waals surface area (Å²) in [4.78, 5) is 16.8. The highest BCUT2D eigenvalue weighted by atomic mass is 35.5. The highest BCUT2D eigenvalue weighted by Gasteiger charge is 2.16. The van der Waals surface area contributed by atoms with Gasteiger partial charge < -0.3 is 24.5 Å². The zero-order chi connectivity index (χ0) is 16.8. The minimum atomic E-state index is -0.185. The third kappa shape index (κ3) is 5.00. The van der Waals surface area contributed by atoms with Gasteiger partial charge in [-0.1, -0.05) is 0 Å². The molecular weight excluding hydrogens is 346 g/mol. The van der Waals surface area contributed by atoms with Crippen LogP contribution in [0, 0.1) is 0 Å². The van der Waals surface area contributed by atoms with Crippen LogP contribution in [0.15, 0.2) is 12.5 Å². The van der Waals surface area contributed by atoms with Gasteiger partial charge in [-0.05, 0) is 6.42 Å². The van der Waals surface area contributed by atoms with E-state index in [0.717, 1.165) is 50.7 Å². The van der Waals surface area contributed by atoms with Crippen LogP contribution >= 0.6 is 12.4 Å². The number of fused-ring (bicyclic) bond motifs is 1. The van der Waals surface area contributed by atoms with Crippen LogP contribution in [0.1, 0.15) is 28.6 Å². The maximum atomic E-state index is 12.3. The molecule has 9 nitrogen and oxygen atoms in total. The maximum absolute atomic E-state index is 12.3. The fourth-order valence-electron chi connectivity index (χ4n) is 2.71. The average Bonchev–Trinajstić information content (AvgIpc) is 3.14. The van der Waals surface area contributed by atoms with Gasteiger partial charge in [0, 0.05) is 52.5 Å². The number of ether oxygens (including phenoxy) is 1. The van der Waals surface area contributed by atoms with Crippen LogP contribution in [-0.2, 0) is 30.8 Å². The Morgan fingerprint density at radius 3 is 3.16 bits per heavy atom. The van der Waals surface area contributed by atoms with Gasteiger partial charge in [0.15, 0.2) is 5.82 Å². The molecule has 25 heavy (non-hydrogen) atoms. The molecule has 0 radical (unpaired) electrons. The Morgan fingerprint density at radius 1 is 1.44 bits per heavy atom. The van der Waals surface area contributed by atoms with Gasteiger partial charge in [-0.2, -0.15) is 0 Å². The lowest BCUT2D eigenvalue weighted by molar-refractivity contribution is 0.0944. The summed E-state index contributed by atoms with van der Waals surface area (Å²) in [5.41, 5.74) is 0.456. The van der Waals surface area contributed by atoms with Crippen molar-refractivity contribution in [2.75, 3.05) is 26.8 Å². The van der Waals surface area contributed by atoms with E-state index in [2.05, 4.69) is 25.8 Å². The van der Waals surface area contributed by atoms with E-state index in [0.29, 0.717) is 18.8 Å². The van der Waals surface area contributed by atoms with Crippen molar-refractivity contribution in [1.29, 1.82) is 0 Å². The molecule has 0 bridgehead atoms. The molecule has 10 heteroatoms. The quantitative estimate of drug-likeness (QED) is 0.667. The fraction of sp³-hybridized carbons (Fsp3) is 0.600. The molecule has 0 spiro atoms. The Labute approximate surface area is 152 Å². The molecule has 3 rings (SSSR count). The van der Waals surface area contributed by atoms with Gasteiger partial charge in [0.25, 0.3) is 5.91 Å². The van der Waals surface area contributed by atoms with E-state index >= 15 is 0 Å². The van der Waals surface area contributed by atoms with E-state index in [1.54, 1.807) is 13.4 Å². The van der Waals surface area contributed by atoms with Crippen molar-refractivity contribution in [3.8, 4) is 0 Å². The van der Waals surface area contributed by atoms with Crippen LogP contribution in [0.2, 0.25) is 0 Å². The molecule has 0 saturated heterocycles. The van der Waals surface area contributed by atoms with E-state index in [1.165, 1.54) is 0 Å². The number of nitrogens with one attached hydrogen (secondary N) is 2. The topological polar surface area (TPSA) is 98.9 Å². The molecule has 1 amide bonds. The lowest BCUT2D eigenvalue weighted by atomic mass is 10.4. The van der Waals surface area contributed by atoms with Crippen LogP contribution in [0.3, 0.4) is 0 Å². The summed E-state index contributed by atoms with van der Waals surface area (Å²) in [6, 6.07) is 0. The number of rotatable bonds is 7. The van der Waals surface area contributed by atoms with E-state index in [9.17, 15) is 4.79 Å². The summed E-state index contributed by atoms with van der Waals surface area (Å²) in [5.74, 6) is 1.49. The maximum Gasteiger partial charge on any atom is 0.271 e. The average molecular weight is 370 g/mol. The summed E-state index contributed by atoms with van der Waals surface area (Å²) in [6.45, 7) is 4.40. The van der Waals surface area contributed by atoms with Gasteiger partial charge in [0.05, 0.1) is 6.54 Å². The number of aryl methyl sites for hydroxylation is 1. The highest BCUT2D eigenvalue weighted by molar-refractivity contribution is 5.92. The van der Waals surface area contributed by atoms with Gasteiger partial charge in [0.1, 0.15) is 17.8 Å². The number of amides is 1. The standard InChI is InChI=1S/C15H23N7O2.ClH/c1-24-8-2-6-22-11-18-20-14(22)9-17-15(23)12-10-21-7-5-16-4-3-13(21)19-12;/h10-11,16H,2-9H2,1H3,(H,17,23);1H. The minimum absolute atomic E-state index is 0. The Morgan fingerprint density at radius 2 is 2.32 bits per heavy atom. The van der Waals surface area contributed by atoms with Crippen molar-refractivity contribution >= 4 is 18.3 Å². The normalized spacial score (nSPS) is 13.6. The molecule has 2 N–H and O–H groups in total. The number of nitrogens with zero attached hydrogens (tertiary/aromatic N) is 5. The molecule has 0 unspecified atom stereocenters. The molecule has 2 aromatic heterocycles. The van der Waals surface area contributed by atoms with Crippen LogP contribution in [0.4, 0.5) is 0 Å². The number of imidazole rings is 1. The van der Waals surface area contributed by atoms with Crippen LogP contribution in [0.25, 0.3) is 0 Å². The molecule has 138 valence electrons. The monoisotopic (exact) mass is 369 g/mol. The van der Waals surface area contributed by atoms with Crippen LogP contribution in [-0.4, -0.2) is 57.0 Å². The molecule has 1 aliphatic rings. The molecule has 0 aromatic carbocycles. The number of methoxy groups -OCH3 is 1. The lowest BCUT2D eigenvalue weighted by Gasteiger charge is -2.07. The van der Waals surface area contributed by atoms with Crippen molar-refractivity contribution < 1.29 is 9.53 Å². The first kappa shape index (κ1) is 19.4. The van der Waals surface area contributed by atoms with E-state index < -0.39 is 0 Å². The first-order valence-corrected chi connectivity index (χ1v) is 8.18. The van der Waals surface area contributed by atoms with Crippen LogP contribution < -0.4 is 10.6 Å². The van der Waals surface area contributed by atoms with Gasteiger partial charge in [-0.15, -0.1) is 22.6 Å². The van der Waals surface area contributed by atoms with E-state index in [-0.39, 0.29) is 18.3 Å². The summed E-state index contributed by atoms with van der Waals surface area (Å²) in [6.07, 6.45) is 5.20. The number of carbonyl (C=O) groups is 1. The molecular formula is C15H24ClN7O2. The van der Waals surface area contributed by atoms with Crippen molar-refractivity contribution in [3.05, 3.63) is 29.9 Å². The van der Waals surface area contributed by atoms with Gasteiger partial charge >= 0.3 is 0 Å². The number of aromatic nitrogens is 5. The number of carbonyl (C=O) groups excluding carboxylic acids is 1. The SMILES string of the molecule is COCCCn1cnnc1CNC(=O)c1cn2c(n1)CCNCC2.Cl. The van der Waals surface area contributed by atoms with Crippen molar-refractivity contribution in [2.45, 2.75) is 32.5 Å². The van der Waals surface area contributed by atoms with Gasteiger partial charge in [0.2, 0.25) is 0 Å². The molecule has 0 atom stereocenters. The fourth-order valence-corrected chi connectivity index (χ4v) is 2.71. The summed E-state index contributed by atoms with van der Waals surface area (Å²) >= 11 is 0. The molecule has 2 aromatic rings. The smallest absolute Gasteiger partial charge is 0.271 e. The Balaban J connectivity index is 0.00000225. The minimum Gasteiger partial charge on any atom is -0.385 e. The highest BCUT2D eigenvalue weighted by Crippen LogP contribution is 2.07. The summed E-state index contributed by atoms with van der Waals surface area (Å²) < 4.78 is 9.01. The predicted octanol–water partition coefficient (Wildman–Crippen LogP) is 0.00860. The molecule has 1 aliphatic heterocycles. The first-order valence-electron chi connectivity index (χ1n) is 8.18. The predicted molar refractivity (Wildman–Crippen MR) is 93.7 cm³/mol. The molecule has 0 saturated carbocycles. The second-order valence-corrected chi connectivity index (χ2v) is 5.71. The third-order valence-electron chi connectivity index (χ3n) is 4.00. The lowest BCUT2D eigenvalue weighted by Crippen LogP contribution is -2.25. The molecule has 0 fully saturated rings.